The van der Waals surface area contributed by atoms with Crippen LogP contribution in [0.5, 0.6) is 5.75 Å². The number of benzene rings is 1. The molecule has 1 aliphatic rings. The second-order valence-electron chi connectivity index (χ2n) is 3.54. The van der Waals surface area contributed by atoms with Crippen molar-refractivity contribution in [2.24, 2.45) is 0 Å². The molecule has 14 heavy (non-hydrogen) atoms. The lowest BCUT2D eigenvalue weighted by Crippen LogP contribution is -2.35. The van der Waals surface area contributed by atoms with Crippen LogP contribution in [0, 0.1) is 0 Å². The second-order valence-corrected chi connectivity index (χ2v) is 4.39. The van der Waals surface area contributed by atoms with Crippen molar-refractivity contribution in [2.45, 2.75) is 13.0 Å². The number of halogens is 2. The fourth-order valence-electron chi connectivity index (χ4n) is 1.73. The number of nitrogens with zero attached hydrogens (tertiary/aromatic N) is 1. The summed E-state index contributed by atoms with van der Waals surface area (Å²) in [7, 11) is 2.00. The predicted molar refractivity (Wildman–Crippen MR) is 59.8 cm³/mol. The van der Waals surface area contributed by atoms with E-state index in [9.17, 15) is 0 Å². The van der Waals surface area contributed by atoms with Crippen LogP contribution in [0.3, 0.4) is 0 Å². The monoisotopic (exact) mass is 231 g/mol. The van der Waals surface area contributed by atoms with Crippen molar-refractivity contribution in [3.8, 4) is 5.75 Å². The van der Waals surface area contributed by atoms with Crippen molar-refractivity contribution in [2.75, 3.05) is 18.5 Å². The Kier molecular flexibility index (Phi) is 2.50. The Morgan fingerprint density at radius 1 is 1.43 bits per heavy atom. The first-order chi connectivity index (χ1) is 6.58. The second kappa shape index (κ2) is 3.52. The lowest BCUT2D eigenvalue weighted by Gasteiger charge is -2.32. The van der Waals surface area contributed by atoms with Crippen LogP contribution in [0.25, 0.3) is 0 Å². The first kappa shape index (κ1) is 9.94. The maximum absolute atomic E-state index is 6.08. The molecular weight excluding hydrogens is 221 g/mol. The van der Waals surface area contributed by atoms with Crippen LogP contribution >= 0.6 is 23.2 Å². The summed E-state index contributed by atoms with van der Waals surface area (Å²) in [6.45, 7) is 2.86. The fraction of sp³-hybridized carbons (Fsp3) is 0.400. The van der Waals surface area contributed by atoms with Gasteiger partial charge in [-0.2, -0.15) is 0 Å². The third-order valence-corrected chi connectivity index (χ3v) is 2.74. The van der Waals surface area contributed by atoms with Gasteiger partial charge in [-0.25, -0.2) is 0 Å². The van der Waals surface area contributed by atoms with Gasteiger partial charge < -0.3 is 9.64 Å². The summed E-state index contributed by atoms with van der Waals surface area (Å²) >= 11 is 12.0. The van der Waals surface area contributed by atoms with E-state index in [-0.39, 0.29) is 6.10 Å². The van der Waals surface area contributed by atoms with Crippen molar-refractivity contribution in [1.82, 2.24) is 0 Å². The largest absolute Gasteiger partial charge is 0.487 e. The highest BCUT2D eigenvalue weighted by Crippen LogP contribution is 2.40. The quantitative estimate of drug-likeness (QED) is 0.680. The molecular formula is C10H11Cl2NO. The molecule has 0 N–H and O–H groups in total. The van der Waals surface area contributed by atoms with Gasteiger partial charge in [0.25, 0.3) is 0 Å². The molecule has 0 amide bonds. The molecule has 0 aromatic heterocycles. The minimum atomic E-state index is 0.169. The summed E-state index contributed by atoms with van der Waals surface area (Å²) < 4.78 is 5.65. The highest BCUT2D eigenvalue weighted by Gasteiger charge is 2.23. The summed E-state index contributed by atoms with van der Waals surface area (Å²) in [6, 6.07) is 3.53. The Morgan fingerprint density at radius 3 is 2.86 bits per heavy atom. The van der Waals surface area contributed by atoms with Crippen molar-refractivity contribution in [3.05, 3.63) is 22.2 Å². The van der Waals surface area contributed by atoms with Gasteiger partial charge in [0.1, 0.15) is 11.9 Å². The van der Waals surface area contributed by atoms with E-state index >= 15 is 0 Å². The van der Waals surface area contributed by atoms with Crippen LogP contribution in [-0.2, 0) is 0 Å². The number of anilines is 1. The third kappa shape index (κ3) is 1.64. The molecule has 1 aliphatic heterocycles. The molecule has 0 aliphatic carbocycles. The van der Waals surface area contributed by atoms with Crippen LogP contribution in [0.15, 0.2) is 12.1 Å². The van der Waals surface area contributed by atoms with Gasteiger partial charge in [-0.15, -0.1) is 0 Å². The molecule has 0 fully saturated rings. The molecule has 1 aromatic rings. The average molecular weight is 232 g/mol. The smallest absolute Gasteiger partial charge is 0.146 e. The van der Waals surface area contributed by atoms with Crippen LogP contribution in [0.4, 0.5) is 5.69 Å². The zero-order chi connectivity index (χ0) is 10.3. The number of likely N-dealkylation sites (N-methyl/N-ethyl adjacent to an activating group) is 1. The molecule has 76 valence electrons. The van der Waals surface area contributed by atoms with Crippen LogP contribution in [0.2, 0.25) is 10.0 Å². The average Bonchev–Trinajstić information content (AvgIpc) is 1.99. The van der Waals surface area contributed by atoms with Gasteiger partial charge in [0.05, 0.1) is 17.3 Å². The van der Waals surface area contributed by atoms with Gasteiger partial charge in [-0.3, -0.25) is 0 Å². The summed E-state index contributed by atoms with van der Waals surface area (Å²) in [5.74, 6) is 0.767. The minimum Gasteiger partial charge on any atom is -0.487 e. The fourth-order valence-corrected chi connectivity index (χ4v) is 2.35. The first-order valence-electron chi connectivity index (χ1n) is 4.45. The Balaban J connectivity index is 2.53. The van der Waals surface area contributed by atoms with Gasteiger partial charge in [0.2, 0.25) is 0 Å². The lowest BCUT2D eigenvalue weighted by atomic mass is 10.2. The van der Waals surface area contributed by atoms with Crippen LogP contribution < -0.4 is 9.64 Å². The zero-order valence-corrected chi connectivity index (χ0v) is 9.56. The SMILES string of the molecule is CC1CN(C)c2c(Cl)cc(Cl)cc2O1. The van der Waals surface area contributed by atoms with Gasteiger partial charge in [0, 0.05) is 18.1 Å². The van der Waals surface area contributed by atoms with Gasteiger partial charge in [-0.1, -0.05) is 23.2 Å². The Hall–Kier alpha value is -0.600. The number of ether oxygens (including phenoxy) is 1. The topological polar surface area (TPSA) is 12.5 Å². The van der Waals surface area contributed by atoms with Gasteiger partial charge in [-0.05, 0) is 13.0 Å². The van der Waals surface area contributed by atoms with E-state index in [0.717, 1.165) is 18.0 Å². The highest BCUT2D eigenvalue weighted by molar-refractivity contribution is 6.36. The van der Waals surface area contributed by atoms with E-state index in [2.05, 4.69) is 4.90 Å². The van der Waals surface area contributed by atoms with Gasteiger partial charge in [0.15, 0.2) is 0 Å². The Labute approximate surface area is 93.4 Å². The van der Waals surface area contributed by atoms with Crippen molar-refractivity contribution < 1.29 is 4.74 Å². The normalized spacial score (nSPS) is 20.3. The molecule has 0 spiro atoms. The van der Waals surface area contributed by atoms with E-state index in [4.69, 9.17) is 27.9 Å². The lowest BCUT2D eigenvalue weighted by molar-refractivity contribution is 0.215. The summed E-state index contributed by atoms with van der Waals surface area (Å²) in [4.78, 5) is 2.09. The molecule has 1 aromatic carbocycles. The Bertz CT molecular complexity index is 367. The molecule has 1 heterocycles. The third-order valence-electron chi connectivity index (χ3n) is 2.23. The van der Waals surface area contributed by atoms with E-state index in [1.807, 2.05) is 14.0 Å². The first-order valence-corrected chi connectivity index (χ1v) is 5.20. The van der Waals surface area contributed by atoms with Crippen molar-refractivity contribution in [1.29, 1.82) is 0 Å². The maximum Gasteiger partial charge on any atom is 0.146 e. The predicted octanol–water partition coefficient (Wildman–Crippen LogP) is 3.21. The number of fused-ring (bicyclic) bond motifs is 1. The zero-order valence-electron chi connectivity index (χ0n) is 8.05. The summed E-state index contributed by atoms with van der Waals surface area (Å²) in [5, 5.41) is 1.25. The summed E-state index contributed by atoms with van der Waals surface area (Å²) in [5.41, 5.74) is 0.925. The number of hydrogen-bond donors (Lipinski definition) is 0. The highest BCUT2D eigenvalue weighted by atomic mass is 35.5. The Morgan fingerprint density at radius 2 is 2.14 bits per heavy atom. The summed E-state index contributed by atoms with van der Waals surface area (Å²) in [6.07, 6.45) is 0.169. The molecule has 0 bridgehead atoms. The van der Waals surface area contributed by atoms with E-state index in [1.165, 1.54) is 0 Å². The molecule has 2 rings (SSSR count). The molecule has 0 saturated heterocycles. The standard InChI is InChI=1S/C10H11Cl2NO/c1-6-5-13(2)10-8(12)3-7(11)4-9(10)14-6/h3-4,6H,5H2,1-2H3. The molecule has 2 nitrogen and oxygen atoms in total. The van der Waals surface area contributed by atoms with Crippen molar-refractivity contribution in [3.63, 3.8) is 0 Å². The number of hydrogen-bond acceptors (Lipinski definition) is 2. The van der Waals surface area contributed by atoms with Crippen molar-refractivity contribution >= 4 is 28.9 Å². The van der Waals surface area contributed by atoms with Crippen LogP contribution in [-0.4, -0.2) is 19.7 Å². The van der Waals surface area contributed by atoms with E-state index in [0.29, 0.717) is 10.0 Å². The van der Waals surface area contributed by atoms with Gasteiger partial charge >= 0.3 is 0 Å². The van der Waals surface area contributed by atoms with E-state index < -0.39 is 0 Å². The van der Waals surface area contributed by atoms with Crippen LogP contribution in [0.1, 0.15) is 6.92 Å². The van der Waals surface area contributed by atoms with E-state index in [1.54, 1.807) is 12.1 Å². The number of rotatable bonds is 0. The molecule has 4 heteroatoms. The maximum atomic E-state index is 6.08. The molecule has 1 atom stereocenters. The minimum absolute atomic E-state index is 0.169. The molecule has 0 saturated carbocycles. The molecule has 0 radical (unpaired) electrons. The molecule has 1 unspecified atom stereocenters.